The van der Waals surface area contributed by atoms with Gasteiger partial charge in [-0.05, 0) is 64.3 Å². The Morgan fingerprint density at radius 3 is 2.50 bits per heavy atom. The summed E-state index contributed by atoms with van der Waals surface area (Å²) in [5.74, 6) is 1.31. The highest BCUT2D eigenvalue weighted by Crippen LogP contribution is 2.37. The van der Waals surface area contributed by atoms with Crippen LogP contribution >= 0.6 is 39.1 Å². The smallest absolute Gasteiger partial charge is 0.175 e. The van der Waals surface area contributed by atoms with Crippen LogP contribution in [0.2, 0.25) is 10.0 Å². The number of rotatable bonds is 6. The summed E-state index contributed by atoms with van der Waals surface area (Å²) in [7, 11) is 1.61. The van der Waals surface area contributed by atoms with Crippen LogP contribution in [0.4, 0.5) is 0 Å². The van der Waals surface area contributed by atoms with Gasteiger partial charge >= 0.3 is 0 Å². The van der Waals surface area contributed by atoms with Gasteiger partial charge < -0.3 is 15.2 Å². The minimum absolute atomic E-state index is 0.363. The molecule has 2 rings (SSSR count). The van der Waals surface area contributed by atoms with Crippen LogP contribution in [0.3, 0.4) is 0 Å². The number of hydrogen-bond acceptors (Lipinski definition) is 3. The molecule has 0 saturated carbocycles. The Labute approximate surface area is 148 Å². The van der Waals surface area contributed by atoms with E-state index in [4.69, 9.17) is 38.4 Å². The van der Waals surface area contributed by atoms with Crippen LogP contribution in [0.1, 0.15) is 11.1 Å². The normalized spacial score (nSPS) is 10.6. The van der Waals surface area contributed by atoms with E-state index < -0.39 is 0 Å². The van der Waals surface area contributed by atoms with Crippen LogP contribution in [-0.2, 0) is 13.0 Å². The van der Waals surface area contributed by atoms with Crippen molar-refractivity contribution in [3.63, 3.8) is 0 Å². The Balaban J connectivity index is 2.19. The molecule has 2 aromatic rings. The minimum atomic E-state index is 0.363. The Bertz CT molecular complexity index is 665. The van der Waals surface area contributed by atoms with Crippen LogP contribution < -0.4 is 15.2 Å². The molecule has 0 heterocycles. The van der Waals surface area contributed by atoms with Crippen molar-refractivity contribution in [2.75, 3.05) is 13.7 Å². The van der Waals surface area contributed by atoms with Gasteiger partial charge in [0.2, 0.25) is 0 Å². The van der Waals surface area contributed by atoms with E-state index in [0.717, 1.165) is 22.0 Å². The fraction of sp³-hybridized carbons (Fsp3) is 0.250. The van der Waals surface area contributed by atoms with Gasteiger partial charge in [0.05, 0.1) is 21.6 Å². The number of methoxy groups -OCH3 is 1. The van der Waals surface area contributed by atoms with Crippen molar-refractivity contribution in [2.45, 2.75) is 13.0 Å². The van der Waals surface area contributed by atoms with E-state index in [1.165, 1.54) is 0 Å². The highest BCUT2D eigenvalue weighted by molar-refractivity contribution is 9.10. The first-order valence-corrected chi connectivity index (χ1v) is 8.23. The summed E-state index contributed by atoms with van der Waals surface area (Å²) in [5.41, 5.74) is 7.61. The fourth-order valence-corrected chi connectivity index (χ4v) is 2.93. The summed E-state index contributed by atoms with van der Waals surface area (Å²) in [6.07, 6.45) is 0.780. The number of benzene rings is 2. The second kappa shape index (κ2) is 8.06. The van der Waals surface area contributed by atoms with E-state index in [9.17, 15) is 0 Å². The summed E-state index contributed by atoms with van der Waals surface area (Å²) in [5, 5.41) is 1.03. The molecular weight excluding hydrogens is 389 g/mol. The topological polar surface area (TPSA) is 44.5 Å². The van der Waals surface area contributed by atoms with E-state index >= 15 is 0 Å². The van der Waals surface area contributed by atoms with E-state index in [1.807, 2.05) is 18.2 Å². The van der Waals surface area contributed by atoms with Crippen molar-refractivity contribution in [3.8, 4) is 11.5 Å². The first kappa shape index (κ1) is 17.4. The molecule has 0 aromatic heterocycles. The SMILES string of the molecule is COc1cc(CCN)cc(Br)c1OCc1ccc(Cl)c(Cl)c1. The van der Waals surface area contributed by atoms with Gasteiger partial charge in [0.15, 0.2) is 11.5 Å². The summed E-state index contributed by atoms with van der Waals surface area (Å²) in [4.78, 5) is 0. The Kier molecular flexibility index (Phi) is 6.38. The van der Waals surface area contributed by atoms with Crippen molar-refractivity contribution in [3.05, 3.63) is 56.0 Å². The maximum Gasteiger partial charge on any atom is 0.175 e. The lowest BCUT2D eigenvalue weighted by molar-refractivity contribution is 0.282. The summed E-state index contributed by atoms with van der Waals surface area (Å²) in [6.45, 7) is 0.946. The third-order valence-corrected chi connectivity index (χ3v) is 4.42. The van der Waals surface area contributed by atoms with Gasteiger partial charge in [0.25, 0.3) is 0 Å². The highest BCUT2D eigenvalue weighted by atomic mass is 79.9. The summed E-state index contributed by atoms with van der Waals surface area (Å²) in [6, 6.07) is 9.32. The average Bonchev–Trinajstić information content (AvgIpc) is 2.49. The Hall–Kier alpha value is -0.940. The number of ether oxygens (including phenoxy) is 2. The number of halogens is 3. The number of nitrogens with two attached hydrogens (primary N) is 1. The maximum absolute atomic E-state index is 6.01. The average molecular weight is 405 g/mol. The lowest BCUT2D eigenvalue weighted by atomic mass is 10.1. The van der Waals surface area contributed by atoms with Crippen LogP contribution in [0.25, 0.3) is 0 Å². The van der Waals surface area contributed by atoms with E-state index in [1.54, 1.807) is 19.2 Å². The molecule has 118 valence electrons. The summed E-state index contributed by atoms with van der Waals surface area (Å²) >= 11 is 15.4. The zero-order valence-electron chi connectivity index (χ0n) is 12.0. The van der Waals surface area contributed by atoms with Gasteiger partial charge in [-0.2, -0.15) is 0 Å². The van der Waals surface area contributed by atoms with Crippen molar-refractivity contribution >= 4 is 39.1 Å². The van der Waals surface area contributed by atoms with Crippen LogP contribution in [0, 0.1) is 0 Å². The van der Waals surface area contributed by atoms with Crippen molar-refractivity contribution in [1.82, 2.24) is 0 Å². The molecule has 0 spiro atoms. The van der Waals surface area contributed by atoms with E-state index in [2.05, 4.69) is 15.9 Å². The molecule has 0 fully saturated rings. The third-order valence-electron chi connectivity index (χ3n) is 3.09. The van der Waals surface area contributed by atoms with Crippen LogP contribution in [-0.4, -0.2) is 13.7 Å². The molecule has 3 nitrogen and oxygen atoms in total. The van der Waals surface area contributed by atoms with E-state index in [0.29, 0.717) is 34.7 Å². The second-order valence-corrected chi connectivity index (χ2v) is 6.35. The monoisotopic (exact) mass is 403 g/mol. The zero-order valence-corrected chi connectivity index (χ0v) is 15.1. The fourth-order valence-electron chi connectivity index (χ4n) is 2.01. The van der Waals surface area contributed by atoms with Crippen molar-refractivity contribution in [1.29, 1.82) is 0 Å². The molecule has 0 aliphatic rings. The predicted octanol–water partition coefficient (Wildman–Crippen LogP) is 4.84. The van der Waals surface area contributed by atoms with Gasteiger partial charge in [-0.3, -0.25) is 0 Å². The maximum atomic E-state index is 6.01. The van der Waals surface area contributed by atoms with Gasteiger partial charge in [0, 0.05) is 0 Å². The lowest BCUT2D eigenvalue weighted by Gasteiger charge is -2.14. The molecule has 2 aromatic carbocycles. The molecule has 0 radical (unpaired) electrons. The molecule has 6 heteroatoms. The van der Waals surface area contributed by atoms with Crippen molar-refractivity contribution in [2.24, 2.45) is 5.73 Å². The molecule has 0 bridgehead atoms. The van der Waals surface area contributed by atoms with Crippen molar-refractivity contribution < 1.29 is 9.47 Å². The van der Waals surface area contributed by atoms with Gasteiger partial charge in [0.1, 0.15) is 6.61 Å². The van der Waals surface area contributed by atoms with Gasteiger partial charge in [-0.1, -0.05) is 29.3 Å². The molecule has 0 aliphatic heterocycles. The minimum Gasteiger partial charge on any atom is -0.493 e. The highest BCUT2D eigenvalue weighted by Gasteiger charge is 2.12. The predicted molar refractivity (Wildman–Crippen MR) is 94.2 cm³/mol. The second-order valence-electron chi connectivity index (χ2n) is 4.68. The standard InChI is InChI=1S/C16H16BrCl2NO2/c1-21-15-8-10(4-5-20)6-12(17)16(15)22-9-11-2-3-13(18)14(19)7-11/h2-3,6-8H,4-5,9,20H2,1H3. The molecule has 0 amide bonds. The quantitative estimate of drug-likeness (QED) is 0.748. The van der Waals surface area contributed by atoms with Crippen LogP contribution in [0.5, 0.6) is 11.5 Å². The lowest BCUT2D eigenvalue weighted by Crippen LogP contribution is -2.04. The van der Waals surface area contributed by atoms with Gasteiger partial charge in [-0.15, -0.1) is 0 Å². The molecule has 0 unspecified atom stereocenters. The number of hydrogen-bond donors (Lipinski definition) is 1. The molecule has 22 heavy (non-hydrogen) atoms. The molecule has 0 saturated heterocycles. The zero-order chi connectivity index (χ0) is 16.1. The third kappa shape index (κ3) is 4.29. The molecule has 0 atom stereocenters. The van der Waals surface area contributed by atoms with E-state index in [-0.39, 0.29) is 0 Å². The largest absolute Gasteiger partial charge is 0.493 e. The first-order chi connectivity index (χ1) is 10.5. The molecular formula is C16H16BrCl2NO2. The Morgan fingerprint density at radius 2 is 1.86 bits per heavy atom. The first-order valence-electron chi connectivity index (χ1n) is 6.68. The van der Waals surface area contributed by atoms with Crippen LogP contribution in [0.15, 0.2) is 34.8 Å². The Morgan fingerprint density at radius 1 is 1.09 bits per heavy atom. The molecule has 0 aliphatic carbocycles. The molecule has 2 N–H and O–H groups in total. The summed E-state index contributed by atoms with van der Waals surface area (Å²) < 4.78 is 12.1. The van der Waals surface area contributed by atoms with Gasteiger partial charge in [-0.25, -0.2) is 0 Å².